The van der Waals surface area contributed by atoms with Gasteiger partial charge in [-0.05, 0) is 23.6 Å². The van der Waals surface area contributed by atoms with Crippen molar-refractivity contribution in [3.8, 4) is 11.4 Å². The van der Waals surface area contributed by atoms with Gasteiger partial charge in [0.05, 0.1) is 5.69 Å². The van der Waals surface area contributed by atoms with Gasteiger partial charge in [-0.15, -0.1) is 22.7 Å². The molecule has 5 heteroatoms. The zero-order chi connectivity index (χ0) is 12.4. The van der Waals surface area contributed by atoms with E-state index >= 15 is 0 Å². The number of nitrogens with two attached hydrogens (primary N) is 1. The van der Waals surface area contributed by atoms with E-state index in [1.807, 2.05) is 18.2 Å². The Morgan fingerprint density at radius 1 is 1.17 bits per heavy atom. The second kappa shape index (κ2) is 4.88. The van der Waals surface area contributed by atoms with Crippen LogP contribution in [0.1, 0.15) is 9.75 Å². The van der Waals surface area contributed by atoms with Crippen LogP contribution in [0.2, 0.25) is 0 Å². The average Bonchev–Trinajstić information content (AvgIpc) is 3.01. The molecule has 3 aromatic heterocycles. The van der Waals surface area contributed by atoms with Crippen molar-refractivity contribution in [3.63, 3.8) is 0 Å². The van der Waals surface area contributed by atoms with Gasteiger partial charge >= 0.3 is 0 Å². The molecule has 0 aliphatic rings. The van der Waals surface area contributed by atoms with Crippen LogP contribution in [0.15, 0.2) is 41.9 Å². The third-order valence-corrected chi connectivity index (χ3v) is 4.30. The Balaban J connectivity index is 2.00. The Morgan fingerprint density at radius 3 is 2.83 bits per heavy atom. The molecule has 2 N–H and O–H groups in total. The number of aromatic nitrogens is 2. The molecular formula is C13H11N3S2. The minimum Gasteiger partial charge on any atom is -0.375 e. The number of anilines is 1. The largest absolute Gasteiger partial charge is 0.375 e. The quantitative estimate of drug-likeness (QED) is 0.795. The molecule has 90 valence electrons. The summed E-state index contributed by atoms with van der Waals surface area (Å²) in [5, 5.41) is 2.68. The fourth-order valence-electron chi connectivity index (χ4n) is 1.76. The fraction of sp³-hybridized carbons (Fsp3) is 0.0769. The van der Waals surface area contributed by atoms with E-state index < -0.39 is 0 Å². The van der Waals surface area contributed by atoms with Gasteiger partial charge in [0.15, 0.2) is 5.13 Å². The highest BCUT2D eigenvalue weighted by Crippen LogP contribution is 2.31. The Hall–Kier alpha value is -1.72. The zero-order valence-corrected chi connectivity index (χ0v) is 11.2. The highest BCUT2D eigenvalue weighted by atomic mass is 32.1. The lowest BCUT2D eigenvalue weighted by molar-refractivity contribution is 1.22. The van der Waals surface area contributed by atoms with Crippen molar-refractivity contribution in [1.29, 1.82) is 0 Å². The van der Waals surface area contributed by atoms with E-state index in [-0.39, 0.29) is 0 Å². The van der Waals surface area contributed by atoms with Crippen molar-refractivity contribution in [2.45, 2.75) is 6.42 Å². The van der Waals surface area contributed by atoms with Crippen LogP contribution in [0, 0.1) is 0 Å². The van der Waals surface area contributed by atoms with Gasteiger partial charge in [-0.1, -0.05) is 12.1 Å². The lowest BCUT2D eigenvalue weighted by Crippen LogP contribution is -1.89. The lowest BCUT2D eigenvalue weighted by Gasteiger charge is -1.99. The lowest BCUT2D eigenvalue weighted by atomic mass is 10.2. The van der Waals surface area contributed by atoms with Gasteiger partial charge in [0.25, 0.3) is 0 Å². The van der Waals surface area contributed by atoms with E-state index in [2.05, 4.69) is 27.5 Å². The first kappa shape index (κ1) is 11.4. The van der Waals surface area contributed by atoms with Crippen molar-refractivity contribution >= 4 is 27.8 Å². The second-order valence-corrected chi connectivity index (χ2v) is 5.94. The van der Waals surface area contributed by atoms with E-state index in [4.69, 9.17) is 5.73 Å². The molecule has 0 saturated heterocycles. The SMILES string of the molecule is Nc1nc(-c2ccccn2)c(Cc2cccs2)s1. The number of thiophene rings is 1. The molecule has 3 aromatic rings. The minimum absolute atomic E-state index is 0.599. The molecule has 18 heavy (non-hydrogen) atoms. The molecule has 0 aliphatic heterocycles. The van der Waals surface area contributed by atoms with Crippen LogP contribution in [-0.4, -0.2) is 9.97 Å². The zero-order valence-electron chi connectivity index (χ0n) is 9.54. The normalized spacial score (nSPS) is 10.7. The van der Waals surface area contributed by atoms with Gasteiger partial charge in [0.1, 0.15) is 5.69 Å². The molecule has 0 saturated carbocycles. The maximum Gasteiger partial charge on any atom is 0.180 e. The van der Waals surface area contributed by atoms with Crippen LogP contribution in [0.4, 0.5) is 5.13 Å². The van der Waals surface area contributed by atoms with Gasteiger partial charge < -0.3 is 5.73 Å². The van der Waals surface area contributed by atoms with Crippen molar-refractivity contribution < 1.29 is 0 Å². The first-order chi connectivity index (χ1) is 8.83. The van der Waals surface area contributed by atoms with Gasteiger partial charge in [-0.3, -0.25) is 4.98 Å². The number of nitrogen functional groups attached to an aromatic ring is 1. The van der Waals surface area contributed by atoms with E-state index in [1.54, 1.807) is 28.9 Å². The second-order valence-electron chi connectivity index (χ2n) is 3.80. The van der Waals surface area contributed by atoms with Crippen LogP contribution < -0.4 is 5.73 Å². The summed E-state index contributed by atoms with van der Waals surface area (Å²) in [4.78, 5) is 11.2. The smallest absolute Gasteiger partial charge is 0.180 e. The van der Waals surface area contributed by atoms with Gasteiger partial charge in [0, 0.05) is 22.4 Å². The Labute approximate surface area is 113 Å². The molecular weight excluding hydrogens is 262 g/mol. The monoisotopic (exact) mass is 273 g/mol. The molecule has 0 aromatic carbocycles. The van der Waals surface area contributed by atoms with Crippen molar-refractivity contribution in [2.75, 3.05) is 5.73 Å². The standard InChI is InChI=1S/C13H11N3S2/c14-13-16-12(10-5-1-2-6-15-10)11(18-13)8-9-4-3-7-17-9/h1-7H,8H2,(H2,14,16). The molecule has 0 spiro atoms. The summed E-state index contributed by atoms with van der Waals surface area (Å²) in [7, 11) is 0. The summed E-state index contributed by atoms with van der Waals surface area (Å²) in [5.74, 6) is 0. The third kappa shape index (κ3) is 2.27. The average molecular weight is 273 g/mol. The number of hydrogen-bond acceptors (Lipinski definition) is 5. The maximum absolute atomic E-state index is 5.83. The molecule has 0 aliphatic carbocycles. The number of nitrogens with zero attached hydrogens (tertiary/aromatic N) is 2. The summed E-state index contributed by atoms with van der Waals surface area (Å²) in [6, 6.07) is 10.0. The molecule has 0 unspecified atom stereocenters. The Kier molecular flexibility index (Phi) is 3.08. The molecule has 0 amide bonds. The van der Waals surface area contributed by atoms with Crippen LogP contribution in [0.3, 0.4) is 0 Å². The van der Waals surface area contributed by atoms with Crippen LogP contribution in [0.25, 0.3) is 11.4 Å². The number of hydrogen-bond donors (Lipinski definition) is 1. The summed E-state index contributed by atoms with van der Waals surface area (Å²) >= 11 is 3.29. The maximum atomic E-state index is 5.83. The van der Waals surface area contributed by atoms with Gasteiger partial charge in [-0.25, -0.2) is 4.98 Å². The topological polar surface area (TPSA) is 51.8 Å². The first-order valence-electron chi connectivity index (χ1n) is 5.52. The molecule has 0 radical (unpaired) electrons. The van der Waals surface area contributed by atoms with E-state index in [1.165, 1.54) is 9.75 Å². The van der Waals surface area contributed by atoms with Crippen molar-refractivity contribution in [2.24, 2.45) is 0 Å². The van der Waals surface area contributed by atoms with E-state index in [9.17, 15) is 0 Å². The molecule has 0 fully saturated rings. The highest BCUT2D eigenvalue weighted by Gasteiger charge is 2.13. The Bertz CT molecular complexity index is 630. The first-order valence-corrected chi connectivity index (χ1v) is 7.21. The van der Waals surface area contributed by atoms with Gasteiger partial charge in [-0.2, -0.15) is 0 Å². The summed E-state index contributed by atoms with van der Waals surface area (Å²) in [5.41, 5.74) is 7.62. The fourth-order valence-corrected chi connectivity index (χ4v) is 3.44. The summed E-state index contributed by atoms with van der Waals surface area (Å²) < 4.78 is 0. The van der Waals surface area contributed by atoms with Crippen LogP contribution in [-0.2, 0) is 6.42 Å². The predicted molar refractivity (Wildman–Crippen MR) is 76.9 cm³/mol. The molecule has 3 heterocycles. The molecule has 3 rings (SSSR count). The van der Waals surface area contributed by atoms with Crippen LogP contribution >= 0.6 is 22.7 Å². The van der Waals surface area contributed by atoms with E-state index in [0.717, 1.165) is 17.8 Å². The number of pyridine rings is 1. The summed E-state index contributed by atoms with van der Waals surface area (Å²) in [6.07, 6.45) is 2.65. The van der Waals surface area contributed by atoms with Crippen LogP contribution in [0.5, 0.6) is 0 Å². The molecule has 3 nitrogen and oxygen atoms in total. The minimum atomic E-state index is 0.599. The van der Waals surface area contributed by atoms with Crippen molar-refractivity contribution in [1.82, 2.24) is 9.97 Å². The van der Waals surface area contributed by atoms with Crippen molar-refractivity contribution in [3.05, 3.63) is 51.7 Å². The van der Waals surface area contributed by atoms with E-state index in [0.29, 0.717) is 5.13 Å². The predicted octanol–water partition coefficient (Wildman–Crippen LogP) is 3.44. The summed E-state index contributed by atoms with van der Waals surface area (Å²) in [6.45, 7) is 0. The molecule has 0 atom stereocenters. The number of thiazole rings is 1. The highest BCUT2D eigenvalue weighted by molar-refractivity contribution is 7.16. The van der Waals surface area contributed by atoms with Gasteiger partial charge in [0.2, 0.25) is 0 Å². The number of rotatable bonds is 3. The Morgan fingerprint density at radius 2 is 2.11 bits per heavy atom. The third-order valence-electron chi connectivity index (χ3n) is 2.54. The molecule has 0 bridgehead atoms.